The quantitative estimate of drug-likeness (QED) is 0.306. The predicted molar refractivity (Wildman–Crippen MR) is 98.9 cm³/mol. The molecule has 1 fully saturated rings. The fourth-order valence-corrected chi connectivity index (χ4v) is 2.98. The van der Waals surface area contributed by atoms with E-state index in [4.69, 9.17) is 18.6 Å². The summed E-state index contributed by atoms with van der Waals surface area (Å²) < 4.78 is 21.4. The Morgan fingerprint density at radius 2 is 1.90 bits per heavy atom. The van der Waals surface area contributed by atoms with Gasteiger partial charge in [-0.05, 0) is 18.6 Å². The molecule has 0 amide bonds. The first-order valence-corrected chi connectivity index (χ1v) is 9.27. The molecule has 0 unspecified atom stereocenters. The van der Waals surface area contributed by atoms with Crippen molar-refractivity contribution in [3.05, 3.63) is 28.6 Å². The maximum Gasteiger partial charge on any atom is 0.382 e. The highest BCUT2D eigenvalue weighted by molar-refractivity contribution is 5.86. The molecule has 5 atom stereocenters. The molecule has 1 aliphatic rings. The Kier molecular flexibility index (Phi) is 6.60. The minimum atomic E-state index is -1.58. The summed E-state index contributed by atoms with van der Waals surface area (Å²) in [5.41, 5.74) is -0.907. The maximum atomic E-state index is 11.9. The minimum absolute atomic E-state index is 0.00379. The molecule has 3 rings (SSSR count). The monoisotopic (exact) mass is 412 g/mol. The van der Waals surface area contributed by atoms with Gasteiger partial charge in [-0.1, -0.05) is 13.3 Å². The van der Waals surface area contributed by atoms with E-state index in [-0.39, 0.29) is 17.1 Å². The van der Waals surface area contributed by atoms with Crippen LogP contribution in [-0.4, -0.2) is 69.5 Å². The van der Waals surface area contributed by atoms with Gasteiger partial charge in [0.1, 0.15) is 35.7 Å². The number of hydrogen-bond acceptors (Lipinski definition) is 10. The van der Waals surface area contributed by atoms with E-state index in [1.54, 1.807) is 0 Å². The number of fused-ring (bicyclic) bond motifs is 1. The normalized spacial score (nSPS) is 27.1. The Balaban J connectivity index is 1.88. The van der Waals surface area contributed by atoms with Crippen molar-refractivity contribution in [3.8, 4) is 17.2 Å². The molecule has 1 aliphatic heterocycles. The fraction of sp³-hybridized carbons (Fsp3) is 0.526. The average molecular weight is 412 g/mol. The number of ether oxygens (including phenoxy) is 3. The van der Waals surface area contributed by atoms with Gasteiger partial charge in [-0.3, -0.25) is 0 Å². The number of benzene rings is 1. The van der Waals surface area contributed by atoms with Crippen LogP contribution in [0.25, 0.3) is 11.0 Å². The summed E-state index contributed by atoms with van der Waals surface area (Å²) in [6.07, 6.45) is -5.56. The van der Waals surface area contributed by atoms with Crippen LogP contribution in [0.5, 0.6) is 17.2 Å². The third kappa shape index (κ3) is 4.31. The van der Waals surface area contributed by atoms with Crippen molar-refractivity contribution in [2.24, 2.45) is 0 Å². The first-order valence-electron chi connectivity index (χ1n) is 9.27. The lowest BCUT2D eigenvalue weighted by Crippen LogP contribution is -2.60. The van der Waals surface area contributed by atoms with Crippen LogP contribution in [-0.2, 0) is 4.74 Å². The number of hydrogen-bond donors (Lipinski definition) is 5. The van der Waals surface area contributed by atoms with Crippen molar-refractivity contribution in [2.45, 2.75) is 50.5 Å². The van der Waals surface area contributed by atoms with Crippen molar-refractivity contribution in [2.75, 3.05) is 13.2 Å². The zero-order valence-corrected chi connectivity index (χ0v) is 15.7. The molecule has 5 N–H and O–H groups in total. The van der Waals surface area contributed by atoms with Gasteiger partial charge < -0.3 is 44.2 Å². The van der Waals surface area contributed by atoms with Crippen molar-refractivity contribution in [1.82, 2.24) is 0 Å². The molecule has 0 radical (unpaired) electrons. The molecule has 160 valence electrons. The second kappa shape index (κ2) is 8.97. The Bertz CT molecular complexity index is 892. The van der Waals surface area contributed by atoms with Gasteiger partial charge in [0.15, 0.2) is 5.75 Å². The molecule has 0 spiro atoms. The molecule has 0 aliphatic carbocycles. The first kappa shape index (κ1) is 21.3. The molecule has 1 aromatic heterocycles. The smallest absolute Gasteiger partial charge is 0.382 e. The summed E-state index contributed by atoms with van der Waals surface area (Å²) in [6, 6.07) is 4.30. The van der Waals surface area contributed by atoms with E-state index >= 15 is 0 Å². The van der Waals surface area contributed by atoms with Crippen LogP contribution in [0, 0.1) is 0 Å². The Morgan fingerprint density at radius 3 is 2.59 bits per heavy atom. The third-order valence-electron chi connectivity index (χ3n) is 4.65. The summed E-state index contributed by atoms with van der Waals surface area (Å²) in [5.74, 6) is -0.504. The number of aliphatic hydroxyl groups is 4. The van der Waals surface area contributed by atoms with Crippen molar-refractivity contribution in [3.63, 3.8) is 0 Å². The van der Waals surface area contributed by atoms with Gasteiger partial charge in [0.2, 0.25) is 12.0 Å². The van der Waals surface area contributed by atoms with E-state index in [0.717, 1.165) is 12.8 Å². The molecular weight excluding hydrogens is 388 g/mol. The van der Waals surface area contributed by atoms with Crippen LogP contribution < -0.4 is 15.1 Å². The lowest BCUT2D eigenvalue weighted by atomic mass is 9.99. The summed E-state index contributed by atoms with van der Waals surface area (Å²) >= 11 is 0. The van der Waals surface area contributed by atoms with Crippen LogP contribution in [0.1, 0.15) is 19.8 Å². The lowest BCUT2D eigenvalue weighted by molar-refractivity contribution is -0.277. The molecule has 0 saturated carbocycles. The van der Waals surface area contributed by atoms with E-state index in [1.807, 2.05) is 6.92 Å². The highest BCUT2D eigenvalue weighted by Gasteiger charge is 2.44. The van der Waals surface area contributed by atoms with Gasteiger partial charge in [-0.25, -0.2) is 4.79 Å². The predicted octanol–water partition coefficient (Wildman–Crippen LogP) is -0.144. The zero-order chi connectivity index (χ0) is 21.1. The average Bonchev–Trinajstić information content (AvgIpc) is 2.71. The van der Waals surface area contributed by atoms with Crippen molar-refractivity contribution in [1.29, 1.82) is 0 Å². The standard InChI is InChI=1S/C19H24O10/c1-2-3-6-26-17-10-5-4-9(7-11(10)28-18(25)16(17)24)27-19-15(23)14(22)13(21)12(8-20)29-19/h4-5,7,12-15,19-24H,2-3,6,8H2,1H3/t12-,13-,14+,15+,19+/m1/s1. The zero-order valence-electron chi connectivity index (χ0n) is 15.7. The Morgan fingerprint density at radius 1 is 1.14 bits per heavy atom. The van der Waals surface area contributed by atoms with Crippen LogP contribution in [0.4, 0.5) is 0 Å². The lowest BCUT2D eigenvalue weighted by Gasteiger charge is -2.39. The van der Waals surface area contributed by atoms with E-state index < -0.39 is 48.7 Å². The Hall–Kier alpha value is -2.37. The van der Waals surface area contributed by atoms with E-state index in [1.165, 1.54) is 18.2 Å². The van der Waals surface area contributed by atoms with Gasteiger partial charge in [-0.15, -0.1) is 0 Å². The topological polar surface area (TPSA) is 159 Å². The molecule has 10 nitrogen and oxygen atoms in total. The van der Waals surface area contributed by atoms with Crippen LogP contribution in [0.3, 0.4) is 0 Å². The summed E-state index contributed by atoms with van der Waals surface area (Å²) in [5, 5.41) is 49.3. The summed E-state index contributed by atoms with van der Waals surface area (Å²) in [6.45, 7) is 1.70. The molecule has 1 aromatic carbocycles. The summed E-state index contributed by atoms with van der Waals surface area (Å²) in [4.78, 5) is 11.9. The first-order chi connectivity index (χ1) is 13.9. The highest BCUT2D eigenvalue weighted by atomic mass is 16.7. The number of rotatable bonds is 7. The second-order valence-electron chi connectivity index (χ2n) is 6.74. The third-order valence-corrected chi connectivity index (χ3v) is 4.65. The Labute approximate surface area is 165 Å². The van der Waals surface area contributed by atoms with Gasteiger partial charge >= 0.3 is 5.63 Å². The number of aliphatic hydroxyl groups excluding tert-OH is 4. The van der Waals surface area contributed by atoms with Gasteiger partial charge in [0.25, 0.3) is 0 Å². The van der Waals surface area contributed by atoms with Crippen molar-refractivity contribution >= 4 is 11.0 Å². The number of aromatic hydroxyl groups is 1. The molecule has 2 aromatic rings. The molecule has 10 heteroatoms. The number of unbranched alkanes of at least 4 members (excludes halogenated alkanes) is 1. The van der Waals surface area contributed by atoms with Crippen LogP contribution >= 0.6 is 0 Å². The second-order valence-corrected chi connectivity index (χ2v) is 6.74. The van der Waals surface area contributed by atoms with E-state index in [2.05, 4.69) is 0 Å². The molecule has 29 heavy (non-hydrogen) atoms. The fourth-order valence-electron chi connectivity index (χ4n) is 2.98. The van der Waals surface area contributed by atoms with Gasteiger partial charge in [-0.2, -0.15) is 0 Å². The van der Waals surface area contributed by atoms with Crippen molar-refractivity contribution < 1.29 is 44.2 Å². The molecule has 0 bridgehead atoms. The van der Waals surface area contributed by atoms with Gasteiger partial charge in [0, 0.05) is 6.07 Å². The van der Waals surface area contributed by atoms with Crippen LogP contribution in [0.2, 0.25) is 0 Å². The maximum absolute atomic E-state index is 11.9. The highest BCUT2D eigenvalue weighted by Crippen LogP contribution is 2.34. The van der Waals surface area contributed by atoms with E-state index in [0.29, 0.717) is 12.0 Å². The molecule has 1 saturated heterocycles. The van der Waals surface area contributed by atoms with Crippen LogP contribution in [0.15, 0.2) is 27.4 Å². The van der Waals surface area contributed by atoms with Gasteiger partial charge in [0.05, 0.1) is 18.6 Å². The largest absolute Gasteiger partial charge is 0.499 e. The minimum Gasteiger partial charge on any atom is -0.499 e. The molecular formula is C19H24O10. The van der Waals surface area contributed by atoms with E-state index in [9.17, 15) is 30.3 Å². The summed E-state index contributed by atoms with van der Waals surface area (Å²) in [7, 11) is 0. The molecule has 2 heterocycles. The SMILES string of the molecule is CCCCOc1c(O)c(=O)oc2cc(O[C@H]3O[C@H](CO)[C@@H](O)[C@H](O)[C@@H]3O)ccc12.